The average molecular weight is 383 g/mol. The van der Waals surface area contributed by atoms with Crippen molar-refractivity contribution in [2.24, 2.45) is 0 Å². The number of nitrogen functional groups attached to an aromatic ring is 1. The first-order valence-electron chi connectivity index (χ1n) is 4.99. The van der Waals surface area contributed by atoms with E-state index < -0.39 is 10.0 Å². The number of aryl methyl sites for hydroxylation is 1. The van der Waals surface area contributed by atoms with Gasteiger partial charge in [0.25, 0.3) is 10.0 Å². The smallest absolute Gasteiger partial charge is 0.272 e. The van der Waals surface area contributed by atoms with Crippen LogP contribution in [0.1, 0.15) is 5.56 Å². The number of nitrogens with one attached hydrogen (secondary N) is 1. The van der Waals surface area contributed by atoms with Crippen LogP contribution >= 0.6 is 38.9 Å². The highest BCUT2D eigenvalue weighted by Crippen LogP contribution is 2.35. The molecule has 0 spiro atoms. The van der Waals surface area contributed by atoms with Gasteiger partial charge in [-0.15, -0.1) is 11.3 Å². The predicted molar refractivity (Wildman–Crippen MR) is 81.2 cm³/mol. The Balaban J connectivity index is 2.33. The van der Waals surface area contributed by atoms with Crippen LogP contribution in [-0.4, -0.2) is 13.4 Å². The van der Waals surface area contributed by atoms with Crippen LogP contribution in [0.4, 0.5) is 11.5 Å². The molecule has 9 heteroatoms. The molecular formula is C10H9BrClN3O2S2. The maximum absolute atomic E-state index is 12.1. The second-order valence-corrected chi connectivity index (χ2v) is 8.41. The van der Waals surface area contributed by atoms with Gasteiger partial charge in [0.15, 0.2) is 0 Å². The van der Waals surface area contributed by atoms with E-state index in [0.29, 0.717) is 14.5 Å². The van der Waals surface area contributed by atoms with E-state index in [-0.39, 0.29) is 10.0 Å². The van der Waals surface area contributed by atoms with E-state index in [1.54, 1.807) is 13.0 Å². The van der Waals surface area contributed by atoms with Gasteiger partial charge in [-0.3, -0.25) is 4.72 Å². The van der Waals surface area contributed by atoms with Gasteiger partial charge in [0.1, 0.15) is 10.0 Å². The SMILES string of the molecule is Cc1cc(NS(=O)(=O)c2cc(Cl)c(Br)s2)ncc1N. The molecule has 2 aromatic heterocycles. The van der Waals surface area contributed by atoms with Crippen molar-refractivity contribution in [1.82, 2.24) is 4.98 Å². The molecule has 0 saturated heterocycles. The standard InChI is InChI=1S/C10H9BrClN3O2S2/c1-5-2-8(14-4-7(5)13)15-19(16,17)9-3-6(12)10(11)18-9/h2-4H,13H2,1H3,(H,14,15). The van der Waals surface area contributed by atoms with E-state index in [4.69, 9.17) is 17.3 Å². The highest BCUT2D eigenvalue weighted by atomic mass is 79.9. The number of hydrogen-bond acceptors (Lipinski definition) is 5. The third-order valence-corrected chi connectivity index (χ3v) is 6.58. The van der Waals surface area contributed by atoms with Gasteiger partial charge in [-0.05, 0) is 40.5 Å². The van der Waals surface area contributed by atoms with Gasteiger partial charge in [0, 0.05) is 0 Å². The number of aromatic nitrogens is 1. The highest BCUT2D eigenvalue weighted by Gasteiger charge is 2.19. The summed E-state index contributed by atoms with van der Waals surface area (Å²) in [5.74, 6) is 0.215. The zero-order chi connectivity index (χ0) is 14.2. The molecule has 0 aliphatic heterocycles. The van der Waals surface area contributed by atoms with E-state index in [1.165, 1.54) is 12.3 Å². The van der Waals surface area contributed by atoms with Crippen LogP contribution in [0.25, 0.3) is 0 Å². The number of nitrogens with zero attached hydrogens (tertiary/aromatic N) is 1. The fraction of sp³-hybridized carbons (Fsp3) is 0.100. The second-order valence-electron chi connectivity index (χ2n) is 3.72. The fourth-order valence-corrected chi connectivity index (χ4v) is 4.67. The van der Waals surface area contributed by atoms with Crippen molar-refractivity contribution in [1.29, 1.82) is 0 Å². The lowest BCUT2D eigenvalue weighted by Crippen LogP contribution is -2.12. The first-order chi connectivity index (χ1) is 8.79. The van der Waals surface area contributed by atoms with Crippen LogP contribution in [-0.2, 0) is 10.0 Å². The number of anilines is 2. The topological polar surface area (TPSA) is 85.1 Å². The van der Waals surface area contributed by atoms with Gasteiger partial charge in [-0.25, -0.2) is 13.4 Å². The quantitative estimate of drug-likeness (QED) is 0.853. The maximum atomic E-state index is 12.1. The minimum Gasteiger partial charge on any atom is -0.397 e. The summed E-state index contributed by atoms with van der Waals surface area (Å²) in [4.78, 5) is 3.92. The molecule has 0 atom stereocenters. The molecule has 0 saturated carbocycles. The molecule has 102 valence electrons. The van der Waals surface area contributed by atoms with Crippen molar-refractivity contribution >= 4 is 60.4 Å². The van der Waals surface area contributed by atoms with E-state index in [9.17, 15) is 8.42 Å². The summed E-state index contributed by atoms with van der Waals surface area (Å²) < 4.78 is 27.3. The Bertz CT molecular complexity index is 711. The van der Waals surface area contributed by atoms with E-state index in [1.807, 2.05) is 0 Å². The Hall–Kier alpha value is -0.830. The largest absolute Gasteiger partial charge is 0.397 e. The summed E-state index contributed by atoms with van der Waals surface area (Å²) in [6.07, 6.45) is 1.41. The van der Waals surface area contributed by atoms with Crippen LogP contribution in [0.3, 0.4) is 0 Å². The normalized spacial score (nSPS) is 11.5. The molecule has 0 bridgehead atoms. The Morgan fingerprint density at radius 2 is 2.16 bits per heavy atom. The lowest BCUT2D eigenvalue weighted by molar-refractivity contribution is 0.603. The third-order valence-electron chi connectivity index (χ3n) is 2.28. The average Bonchev–Trinajstić information content (AvgIpc) is 2.65. The van der Waals surface area contributed by atoms with Gasteiger partial charge in [-0.1, -0.05) is 11.6 Å². The van der Waals surface area contributed by atoms with Crippen molar-refractivity contribution < 1.29 is 8.42 Å². The van der Waals surface area contributed by atoms with Crippen LogP contribution < -0.4 is 10.5 Å². The monoisotopic (exact) mass is 381 g/mol. The number of hydrogen-bond donors (Lipinski definition) is 2. The number of sulfonamides is 1. The zero-order valence-electron chi connectivity index (χ0n) is 9.65. The molecule has 2 heterocycles. The van der Waals surface area contributed by atoms with Crippen LogP contribution in [0.15, 0.2) is 26.3 Å². The second kappa shape index (κ2) is 5.28. The zero-order valence-corrected chi connectivity index (χ0v) is 13.6. The van der Waals surface area contributed by atoms with Gasteiger partial charge in [0.2, 0.25) is 0 Å². The van der Waals surface area contributed by atoms with Crippen LogP contribution in [0.5, 0.6) is 0 Å². The van der Waals surface area contributed by atoms with E-state index in [0.717, 1.165) is 16.9 Å². The first-order valence-corrected chi connectivity index (χ1v) is 8.46. The van der Waals surface area contributed by atoms with Crippen molar-refractivity contribution in [3.63, 3.8) is 0 Å². The first kappa shape index (κ1) is 14.6. The minimum absolute atomic E-state index is 0.112. The van der Waals surface area contributed by atoms with Crippen molar-refractivity contribution in [2.45, 2.75) is 11.1 Å². The summed E-state index contributed by atoms with van der Waals surface area (Å²) in [7, 11) is -3.69. The Labute approximate surface area is 128 Å². The fourth-order valence-electron chi connectivity index (χ4n) is 1.27. The summed E-state index contributed by atoms with van der Waals surface area (Å²) in [5, 5.41) is 0.354. The number of halogens is 2. The van der Waals surface area contributed by atoms with E-state index in [2.05, 4.69) is 25.6 Å². The number of rotatable bonds is 3. The minimum atomic E-state index is -3.69. The van der Waals surface area contributed by atoms with Gasteiger partial charge >= 0.3 is 0 Å². The van der Waals surface area contributed by atoms with Crippen molar-refractivity contribution in [2.75, 3.05) is 10.5 Å². The van der Waals surface area contributed by atoms with Gasteiger partial charge in [-0.2, -0.15) is 0 Å². The molecule has 0 radical (unpaired) electrons. The summed E-state index contributed by atoms with van der Waals surface area (Å²) in [6.45, 7) is 1.77. The van der Waals surface area contributed by atoms with Crippen molar-refractivity contribution in [3.05, 3.63) is 32.7 Å². The summed E-state index contributed by atoms with van der Waals surface area (Å²) in [5.41, 5.74) is 6.88. The molecule has 0 aliphatic carbocycles. The van der Waals surface area contributed by atoms with Gasteiger partial charge < -0.3 is 5.73 Å². The highest BCUT2D eigenvalue weighted by molar-refractivity contribution is 9.11. The van der Waals surface area contributed by atoms with Crippen molar-refractivity contribution in [3.8, 4) is 0 Å². The molecule has 3 N–H and O–H groups in total. The Morgan fingerprint density at radius 1 is 1.47 bits per heavy atom. The molecule has 0 aliphatic rings. The maximum Gasteiger partial charge on any atom is 0.272 e. The Morgan fingerprint density at radius 3 is 2.68 bits per heavy atom. The number of nitrogens with two attached hydrogens (primary N) is 1. The molecule has 19 heavy (non-hydrogen) atoms. The molecule has 2 aromatic rings. The molecule has 5 nitrogen and oxygen atoms in total. The number of thiophene rings is 1. The predicted octanol–water partition coefficient (Wildman–Crippen LogP) is 3.25. The molecule has 0 fully saturated rings. The lowest BCUT2D eigenvalue weighted by atomic mass is 10.2. The summed E-state index contributed by atoms with van der Waals surface area (Å²) >= 11 is 10.0. The lowest BCUT2D eigenvalue weighted by Gasteiger charge is -2.07. The van der Waals surface area contributed by atoms with Crippen LogP contribution in [0, 0.1) is 6.92 Å². The van der Waals surface area contributed by atoms with Crippen LogP contribution in [0.2, 0.25) is 5.02 Å². The molecule has 0 aromatic carbocycles. The van der Waals surface area contributed by atoms with Gasteiger partial charge in [0.05, 0.1) is 20.7 Å². The third kappa shape index (κ3) is 3.19. The molecule has 2 rings (SSSR count). The van der Waals surface area contributed by atoms with E-state index >= 15 is 0 Å². The molecule has 0 unspecified atom stereocenters. The molecular weight excluding hydrogens is 374 g/mol. The summed E-state index contributed by atoms with van der Waals surface area (Å²) in [6, 6.07) is 2.94. The molecule has 0 amide bonds. The Kier molecular flexibility index (Phi) is 4.05. The number of pyridine rings is 1.